The number of carbonyl (C=O) groups is 2. The smallest absolute Gasteiger partial charge is 0.248 e. The van der Waals surface area contributed by atoms with E-state index < -0.39 is 21.8 Å². The second-order valence-corrected chi connectivity index (χ2v) is 7.96. The minimum absolute atomic E-state index is 0.316. The zero-order valence-electron chi connectivity index (χ0n) is 14.8. The molecule has 2 aromatic carbocycles. The summed E-state index contributed by atoms with van der Waals surface area (Å²) in [5, 5.41) is 2.61. The molecule has 0 bridgehead atoms. The number of aryl methyl sites for hydroxylation is 2. The molecule has 0 heterocycles. The van der Waals surface area contributed by atoms with Gasteiger partial charge in [-0.3, -0.25) is 13.9 Å². The molecule has 0 aliphatic rings. The van der Waals surface area contributed by atoms with Gasteiger partial charge in [-0.05, 0) is 49.7 Å². The van der Waals surface area contributed by atoms with Crippen molar-refractivity contribution in [2.75, 3.05) is 22.4 Å². The quantitative estimate of drug-likeness (QED) is 0.802. The second kappa shape index (κ2) is 7.57. The Hall–Kier alpha value is -2.87. The van der Waals surface area contributed by atoms with Gasteiger partial charge in [0.25, 0.3) is 0 Å². The standard InChI is InChI=1S/C18H21N3O4S/c1-12-4-9-16(13(2)10-12)21(26(3,24)25)11-17(22)20-15-7-5-14(6-8-15)18(19)23/h4-10H,11H2,1-3H3,(H2,19,23)(H,20,22). The molecule has 0 atom stereocenters. The van der Waals surface area contributed by atoms with Crippen LogP contribution in [0.3, 0.4) is 0 Å². The SMILES string of the molecule is Cc1ccc(N(CC(=O)Nc2ccc(C(N)=O)cc2)S(C)(=O)=O)c(C)c1. The Morgan fingerprint density at radius 3 is 2.19 bits per heavy atom. The molecule has 0 saturated heterocycles. The number of amides is 2. The summed E-state index contributed by atoms with van der Waals surface area (Å²) < 4.78 is 25.4. The first-order chi connectivity index (χ1) is 12.1. The molecule has 2 aromatic rings. The largest absolute Gasteiger partial charge is 0.366 e. The molecule has 138 valence electrons. The lowest BCUT2D eigenvalue weighted by Gasteiger charge is -2.24. The zero-order chi connectivity index (χ0) is 19.5. The molecule has 7 nitrogen and oxygen atoms in total. The van der Waals surface area contributed by atoms with E-state index in [4.69, 9.17) is 5.73 Å². The highest BCUT2D eigenvalue weighted by Crippen LogP contribution is 2.23. The van der Waals surface area contributed by atoms with Crippen LogP contribution in [0.15, 0.2) is 42.5 Å². The highest BCUT2D eigenvalue weighted by atomic mass is 32.2. The first-order valence-corrected chi connectivity index (χ1v) is 9.67. The molecule has 0 fully saturated rings. The maximum atomic E-state index is 12.3. The van der Waals surface area contributed by atoms with E-state index in [1.807, 2.05) is 13.0 Å². The third kappa shape index (κ3) is 4.82. The fourth-order valence-corrected chi connectivity index (χ4v) is 3.43. The van der Waals surface area contributed by atoms with E-state index in [2.05, 4.69) is 5.32 Å². The maximum Gasteiger partial charge on any atom is 0.248 e. The van der Waals surface area contributed by atoms with Crippen molar-refractivity contribution in [2.24, 2.45) is 5.73 Å². The Kier molecular flexibility index (Phi) is 5.66. The van der Waals surface area contributed by atoms with E-state index >= 15 is 0 Å². The van der Waals surface area contributed by atoms with Crippen molar-refractivity contribution < 1.29 is 18.0 Å². The van der Waals surface area contributed by atoms with Gasteiger partial charge in [-0.1, -0.05) is 17.7 Å². The summed E-state index contributed by atoms with van der Waals surface area (Å²) in [6.45, 7) is 3.34. The van der Waals surface area contributed by atoms with Crippen LogP contribution in [-0.2, 0) is 14.8 Å². The van der Waals surface area contributed by atoms with Crippen molar-refractivity contribution in [3.8, 4) is 0 Å². The lowest BCUT2D eigenvalue weighted by Crippen LogP contribution is -2.37. The molecule has 0 aromatic heterocycles. The van der Waals surface area contributed by atoms with Gasteiger partial charge in [0, 0.05) is 11.3 Å². The number of hydrogen-bond donors (Lipinski definition) is 2. The third-order valence-electron chi connectivity index (χ3n) is 3.76. The average molecular weight is 375 g/mol. The first kappa shape index (κ1) is 19.5. The van der Waals surface area contributed by atoms with Gasteiger partial charge in [-0.2, -0.15) is 0 Å². The summed E-state index contributed by atoms with van der Waals surface area (Å²) in [4.78, 5) is 23.4. The predicted octanol–water partition coefficient (Wildman–Crippen LogP) is 1.81. The first-order valence-electron chi connectivity index (χ1n) is 7.82. The Bertz CT molecular complexity index is 937. The Labute approximate surface area is 152 Å². The molecular weight excluding hydrogens is 354 g/mol. The molecule has 0 saturated carbocycles. The third-order valence-corrected chi connectivity index (χ3v) is 4.89. The summed E-state index contributed by atoms with van der Waals surface area (Å²) in [6.07, 6.45) is 1.06. The second-order valence-electron chi connectivity index (χ2n) is 6.05. The van der Waals surface area contributed by atoms with Crippen LogP contribution < -0.4 is 15.4 Å². The minimum atomic E-state index is -3.65. The van der Waals surface area contributed by atoms with Gasteiger partial charge in [0.15, 0.2) is 0 Å². The van der Waals surface area contributed by atoms with Gasteiger partial charge in [-0.25, -0.2) is 8.42 Å². The summed E-state index contributed by atoms with van der Waals surface area (Å²) in [6, 6.07) is 11.3. The van der Waals surface area contributed by atoms with Crippen molar-refractivity contribution in [1.29, 1.82) is 0 Å². The Morgan fingerprint density at radius 2 is 1.69 bits per heavy atom. The number of nitrogens with zero attached hydrogens (tertiary/aromatic N) is 1. The van der Waals surface area contributed by atoms with E-state index in [0.29, 0.717) is 16.9 Å². The molecule has 2 rings (SSSR count). The number of nitrogens with one attached hydrogen (secondary N) is 1. The maximum absolute atomic E-state index is 12.3. The van der Waals surface area contributed by atoms with Crippen molar-refractivity contribution in [2.45, 2.75) is 13.8 Å². The zero-order valence-corrected chi connectivity index (χ0v) is 15.6. The molecule has 0 spiro atoms. The monoisotopic (exact) mass is 375 g/mol. The lowest BCUT2D eigenvalue weighted by atomic mass is 10.1. The number of rotatable bonds is 6. The van der Waals surface area contributed by atoms with Crippen LogP contribution in [0.5, 0.6) is 0 Å². The van der Waals surface area contributed by atoms with E-state index in [1.54, 1.807) is 19.1 Å². The molecule has 0 unspecified atom stereocenters. The van der Waals surface area contributed by atoms with Crippen LogP contribution in [0.1, 0.15) is 21.5 Å². The molecular formula is C18H21N3O4S. The molecule has 8 heteroatoms. The number of carbonyl (C=O) groups excluding carboxylic acids is 2. The molecule has 3 N–H and O–H groups in total. The van der Waals surface area contributed by atoms with Crippen LogP contribution in [0, 0.1) is 13.8 Å². The van der Waals surface area contributed by atoms with Crippen LogP contribution in [0.2, 0.25) is 0 Å². The van der Waals surface area contributed by atoms with Crippen molar-refractivity contribution in [3.05, 3.63) is 59.2 Å². The van der Waals surface area contributed by atoms with Gasteiger partial charge in [-0.15, -0.1) is 0 Å². The van der Waals surface area contributed by atoms with Crippen LogP contribution in [0.4, 0.5) is 11.4 Å². The molecule has 2 amide bonds. The van der Waals surface area contributed by atoms with E-state index in [0.717, 1.165) is 21.7 Å². The number of anilines is 2. The number of benzene rings is 2. The van der Waals surface area contributed by atoms with Crippen molar-refractivity contribution in [3.63, 3.8) is 0 Å². The van der Waals surface area contributed by atoms with Gasteiger partial charge >= 0.3 is 0 Å². The average Bonchev–Trinajstić information content (AvgIpc) is 2.53. The molecule has 0 aliphatic carbocycles. The summed E-state index contributed by atoms with van der Waals surface area (Å²) >= 11 is 0. The highest BCUT2D eigenvalue weighted by molar-refractivity contribution is 7.92. The highest BCUT2D eigenvalue weighted by Gasteiger charge is 2.22. The van der Waals surface area contributed by atoms with Crippen molar-refractivity contribution >= 4 is 33.2 Å². The van der Waals surface area contributed by atoms with Crippen LogP contribution >= 0.6 is 0 Å². The fourth-order valence-electron chi connectivity index (χ4n) is 2.52. The number of nitrogens with two attached hydrogens (primary N) is 1. The molecule has 26 heavy (non-hydrogen) atoms. The summed E-state index contributed by atoms with van der Waals surface area (Å²) in [7, 11) is -3.65. The topological polar surface area (TPSA) is 110 Å². The predicted molar refractivity (Wildman–Crippen MR) is 102 cm³/mol. The fraction of sp³-hybridized carbons (Fsp3) is 0.222. The van der Waals surface area contributed by atoms with Gasteiger partial charge in [0.2, 0.25) is 21.8 Å². The number of primary amides is 1. The van der Waals surface area contributed by atoms with E-state index in [-0.39, 0.29) is 6.54 Å². The van der Waals surface area contributed by atoms with Crippen LogP contribution in [0.25, 0.3) is 0 Å². The van der Waals surface area contributed by atoms with Gasteiger partial charge < -0.3 is 11.1 Å². The normalized spacial score (nSPS) is 11.0. The Balaban J connectivity index is 2.20. The molecule has 0 aliphatic heterocycles. The van der Waals surface area contributed by atoms with Gasteiger partial charge in [0.05, 0.1) is 11.9 Å². The number of hydrogen-bond acceptors (Lipinski definition) is 4. The minimum Gasteiger partial charge on any atom is -0.366 e. The summed E-state index contributed by atoms with van der Waals surface area (Å²) in [5.74, 6) is -1.07. The van der Waals surface area contributed by atoms with Crippen molar-refractivity contribution in [1.82, 2.24) is 0 Å². The summed E-state index contributed by atoms with van der Waals surface area (Å²) in [5.41, 5.74) is 8.14. The van der Waals surface area contributed by atoms with E-state index in [1.165, 1.54) is 24.3 Å². The van der Waals surface area contributed by atoms with Crippen LogP contribution in [-0.4, -0.2) is 33.0 Å². The van der Waals surface area contributed by atoms with E-state index in [9.17, 15) is 18.0 Å². The Morgan fingerprint density at radius 1 is 1.08 bits per heavy atom. The lowest BCUT2D eigenvalue weighted by molar-refractivity contribution is -0.114. The molecule has 0 radical (unpaired) electrons. The number of sulfonamides is 1. The van der Waals surface area contributed by atoms with Gasteiger partial charge in [0.1, 0.15) is 6.54 Å².